The molecule has 0 spiro atoms. The lowest BCUT2D eigenvalue weighted by Crippen LogP contribution is -2.46. The maximum atomic E-state index is 10.1. The van der Waals surface area contributed by atoms with E-state index in [1.165, 1.54) is 0 Å². The van der Waals surface area contributed by atoms with Crippen LogP contribution in [0.5, 0.6) is 0 Å². The van der Waals surface area contributed by atoms with Crippen LogP contribution in [0.15, 0.2) is 0 Å². The number of rotatable bonds is 6. The Balaban J connectivity index is 4.21. The normalized spacial score (nSPS) is 22.2. The van der Waals surface area contributed by atoms with Gasteiger partial charge in [0.05, 0.1) is 6.61 Å². The molecule has 0 fully saturated rings. The van der Waals surface area contributed by atoms with Gasteiger partial charge in [0, 0.05) is 0 Å². The number of aliphatic hydroxyl groups is 5. The fraction of sp³-hybridized carbons (Fsp3) is 0.833. The molecule has 0 amide bonds. The van der Waals surface area contributed by atoms with Gasteiger partial charge in [-0.05, 0) is 0 Å². The van der Waals surface area contributed by atoms with Crippen molar-refractivity contribution in [2.75, 3.05) is 6.61 Å². The summed E-state index contributed by atoms with van der Waals surface area (Å²) in [6.07, 6.45) is -6.48. The van der Waals surface area contributed by atoms with E-state index in [9.17, 15) is 4.79 Å². The van der Waals surface area contributed by atoms with Crippen molar-refractivity contribution in [1.29, 1.82) is 1.43 Å². The summed E-state index contributed by atoms with van der Waals surface area (Å²) in [6, 6.07) is 0. The first-order chi connectivity index (χ1) is 6.08. The van der Waals surface area contributed by atoms with Gasteiger partial charge in [-0.15, -0.1) is 0 Å². The summed E-state index contributed by atoms with van der Waals surface area (Å²) in [5.74, 6) is 0. The van der Waals surface area contributed by atoms with Crippen molar-refractivity contribution in [3.05, 3.63) is 0 Å². The van der Waals surface area contributed by atoms with Crippen LogP contribution < -0.4 is 0 Å². The van der Waals surface area contributed by atoms with Crippen LogP contribution in [0.1, 0.15) is 0 Å². The summed E-state index contributed by atoms with van der Waals surface area (Å²) in [5, 5.41) is 39.1. The third kappa shape index (κ3) is 2.84. The average Bonchev–Trinajstić information content (AvgIpc) is 2.17. The molecule has 0 bridgehead atoms. The Morgan fingerprint density at radius 3 is 2.25 bits per heavy atom. The van der Waals surface area contributed by atoms with E-state index in [0.717, 1.165) is 0 Å². The summed E-state index contributed by atoms with van der Waals surface area (Å²) in [5.41, 5.74) is 0. The average molecular weight is 181 g/mol. The van der Waals surface area contributed by atoms with E-state index in [4.69, 9.17) is 21.9 Å². The molecule has 4 atom stereocenters. The van der Waals surface area contributed by atoms with Crippen LogP contribution in [0.25, 0.3) is 0 Å². The highest BCUT2D eigenvalue weighted by molar-refractivity contribution is 5.56. The highest BCUT2D eigenvalue weighted by atomic mass is 16.4. The first-order valence-electron chi connectivity index (χ1n) is 3.71. The molecule has 0 heterocycles. The molecular formula is C6H12O6. The van der Waals surface area contributed by atoms with Gasteiger partial charge >= 0.3 is 0 Å². The van der Waals surface area contributed by atoms with E-state index in [1.54, 1.807) is 0 Å². The van der Waals surface area contributed by atoms with Crippen molar-refractivity contribution >= 4 is 6.29 Å². The molecule has 0 aromatic rings. The second-order valence-corrected chi connectivity index (χ2v) is 2.33. The number of aldehydes is 1. The molecule has 0 radical (unpaired) electrons. The molecule has 0 aliphatic rings. The Labute approximate surface area is 70.2 Å². The van der Waals surface area contributed by atoms with Gasteiger partial charge in [0.2, 0.25) is 1.43 Å². The summed E-state index contributed by atoms with van der Waals surface area (Å²) >= 11 is 0. The number of carbonyl (C=O) groups excluding carboxylic acids is 1. The Morgan fingerprint density at radius 1 is 1.33 bits per heavy atom. The highest BCUT2D eigenvalue weighted by Gasteiger charge is 2.29. The number of carbonyl (C=O) groups is 1. The summed E-state index contributed by atoms with van der Waals surface area (Å²) in [6.45, 7) is -0.762. The molecule has 0 aromatic heterocycles. The van der Waals surface area contributed by atoms with Gasteiger partial charge in [0.15, 0.2) is 6.29 Å². The van der Waals surface area contributed by atoms with Crippen molar-refractivity contribution in [3.8, 4) is 0 Å². The van der Waals surface area contributed by atoms with Gasteiger partial charge in [-0.25, -0.2) is 0 Å². The van der Waals surface area contributed by atoms with E-state index < -0.39 is 31.0 Å². The molecule has 0 aliphatic heterocycles. The van der Waals surface area contributed by atoms with E-state index >= 15 is 0 Å². The van der Waals surface area contributed by atoms with E-state index in [0.29, 0.717) is 0 Å². The van der Waals surface area contributed by atoms with Crippen molar-refractivity contribution in [1.82, 2.24) is 0 Å². The summed E-state index contributed by atoms with van der Waals surface area (Å²) in [4.78, 5) is 10.1. The van der Waals surface area contributed by atoms with Crippen LogP contribution in [0, 0.1) is 0 Å². The monoisotopic (exact) mass is 181 g/mol. The smallest absolute Gasteiger partial charge is 0.211 e. The molecule has 0 saturated heterocycles. The van der Waals surface area contributed by atoms with Gasteiger partial charge in [-0.2, -0.15) is 0 Å². The van der Waals surface area contributed by atoms with Gasteiger partial charge < -0.3 is 30.3 Å². The SMILES string of the molecule is [2H]O[C@@H](C=O)[C@@H](O)[C@H](O)[C@H](O)CO. The first kappa shape index (κ1) is 9.56. The molecule has 0 saturated carbocycles. The van der Waals surface area contributed by atoms with E-state index in [1.807, 2.05) is 0 Å². The quantitative estimate of drug-likeness (QED) is 0.273. The third-order valence-corrected chi connectivity index (χ3v) is 1.40. The molecular weight excluding hydrogens is 168 g/mol. The molecule has 6 nitrogen and oxygen atoms in total. The predicted octanol–water partition coefficient (Wildman–Crippen LogP) is -3.38. The second kappa shape index (κ2) is 5.18. The minimum Gasteiger partial charge on any atom is -0.394 e. The number of hydrogen-bond acceptors (Lipinski definition) is 6. The van der Waals surface area contributed by atoms with Crippen LogP contribution in [0.2, 0.25) is 0 Å². The largest absolute Gasteiger partial charge is 0.394 e. The molecule has 72 valence electrons. The Hall–Kier alpha value is -0.530. The Kier molecular flexibility index (Phi) is 4.12. The maximum absolute atomic E-state index is 10.1. The summed E-state index contributed by atoms with van der Waals surface area (Å²) < 4.78 is 6.34. The van der Waals surface area contributed by atoms with Crippen LogP contribution in [-0.2, 0) is 4.79 Å². The Bertz CT molecular complexity index is 154. The molecule has 0 aromatic carbocycles. The van der Waals surface area contributed by atoms with Gasteiger partial charge in [0.1, 0.15) is 24.4 Å². The standard InChI is InChI=1S/C6H12O6/c7-1-3(9)5(11)6(12)4(10)2-8/h1,3-6,8-12H,2H2/t3-,4+,5+,6+/m0/s1/i9D. The minimum atomic E-state index is -1.74. The Morgan fingerprint density at radius 2 is 1.92 bits per heavy atom. The molecule has 12 heavy (non-hydrogen) atoms. The lowest BCUT2D eigenvalue weighted by molar-refractivity contribution is -0.136. The maximum Gasteiger partial charge on any atom is 0.211 e. The zero-order valence-electron chi connectivity index (χ0n) is 7.20. The molecule has 0 aliphatic carbocycles. The molecule has 0 rings (SSSR count). The van der Waals surface area contributed by atoms with Gasteiger partial charge in [0.25, 0.3) is 0 Å². The van der Waals surface area contributed by atoms with Gasteiger partial charge in [-0.1, -0.05) is 0 Å². The van der Waals surface area contributed by atoms with Crippen molar-refractivity contribution in [2.24, 2.45) is 0 Å². The number of hydrogen-bond donors (Lipinski definition) is 5. The van der Waals surface area contributed by atoms with Gasteiger partial charge in [-0.3, -0.25) is 0 Å². The lowest BCUT2D eigenvalue weighted by Gasteiger charge is -2.22. The third-order valence-electron chi connectivity index (χ3n) is 1.40. The van der Waals surface area contributed by atoms with E-state index in [2.05, 4.69) is 5.11 Å². The zero-order valence-corrected chi connectivity index (χ0v) is 6.20. The van der Waals surface area contributed by atoms with Crippen LogP contribution >= 0.6 is 0 Å². The second-order valence-electron chi connectivity index (χ2n) is 2.33. The fourth-order valence-corrected chi connectivity index (χ4v) is 0.610. The predicted molar refractivity (Wildman–Crippen MR) is 37.2 cm³/mol. The zero-order chi connectivity index (χ0) is 10.4. The minimum absolute atomic E-state index is 0.116. The van der Waals surface area contributed by atoms with Crippen LogP contribution in [0.3, 0.4) is 0 Å². The summed E-state index contributed by atoms with van der Waals surface area (Å²) in [7, 11) is 0. The van der Waals surface area contributed by atoms with Crippen molar-refractivity contribution < 1.29 is 30.3 Å². The first-order valence-corrected chi connectivity index (χ1v) is 3.30. The van der Waals surface area contributed by atoms with Crippen molar-refractivity contribution in [2.45, 2.75) is 24.4 Å². The molecule has 6 heteroatoms. The van der Waals surface area contributed by atoms with Crippen LogP contribution in [0.4, 0.5) is 0 Å². The van der Waals surface area contributed by atoms with Crippen molar-refractivity contribution in [3.63, 3.8) is 0 Å². The molecule has 5 N–H and O–H groups in total. The lowest BCUT2D eigenvalue weighted by atomic mass is 10.0. The number of aliphatic hydroxyl groups excluding tert-OH is 5. The highest BCUT2D eigenvalue weighted by Crippen LogP contribution is 2.02. The van der Waals surface area contributed by atoms with E-state index in [-0.39, 0.29) is 6.29 Å². The topological polar surface area (TPSA) is 118 Å². The van der Waals surface area contributed by atoms with Crippen LogP contribution in [-0.4, -0.2) is 64.3 Å². The fourth-order valence-electron chi connectivity index (χ4n) is 0.610. The molecule has 0 unspecified atom stereocenters.